The highest BCUT2D eigenvalue weighted by Gasteiger charge is 2.36. The molecule has 6 heteroatoms. The van der Waals surface area contributed by atoms with Crippen molar-refractivity contribution >= 4 is 5.91 Å². The average Bonchev–Trinajstić information content (AvgIpc) is 3.35. The Morgan fingerprint density at radius 2 is 1.90 bits per heavy atom. The summed E-state index contributed by atoms with van der Waals surface area (Å²) in [4.78, 5) is 19.6. The van der Waals surface area contributed by atoms with Crippen molar-refractivity contribution in [3.63, 3.8) is 0 Å². The first kappa shape index (κ1) is 20.3. The summed E-state index contributed by atoms with van der Waals surface area (Å²) >= 11 is 0. The van der Waals surface area contributed by atoms with Crippen LogP contribution in [-0.4, -0.2) is 38.6 Å². The summed E-state index contributed by atoms with van der Waals surface area (Å²) in [6.45, 7) is 7.89. The van der Waals surface area contributed by atoms with Crippen LogP contribution in [0, 0.1) is 6.92 Å². The number of carbonyl (C=O) groups is 1. The van der Waals surface area contributed by atoms with Crippen molar-refractivity contribution in [1.29, 1.82) is 0 Å². The highest BCUT2D eigenvalue weighted by atomic mass is 16.1. The van der Waals surface area contributed by atoms with E-state index < -0.39 is 0 Å². The largest absolute Gasteiger partial charge is 0.348 e. The van der Waals surface area contributed by atoms with Crippen LogP contribution < -0.4 is 5.32 Å². The lowest BCUT2D eigenvalue weighted by molar-refractivity contribution is 0.0937. The number of carbonyl (C=O) groups excluding carboxylic acids is 1. The van der Waals surface area contributed by atoms with Gasteiger partial charge in [-0.2, -0.15) is 5.10 Å². The number of hydrogen-bond acceptors (Lipinski definition) is 4. The molecule has 1 aliphatic heterocycles. The lowest BCUT2D eigenvalue weighted by Crippen LogP contribution is -2.37. The number of likely N-dealkylation sites (tertiary alicyclic amines) is 1. The van der Waals surface area contributed by atoms with E-state index in [1.54, 1.807) is 0 Å². The SMILES string of the molecule is Cc1nc([C@@H]2C[C@H](NC(=O)c3ccccc3)CN2Cc2ccc(C(C)C)cc2)n[nH]1. The van der Waals surface area contributed by atoms with Crippen molar-refractivity contribution in [2.75, 3.05) is 6.54 Å². The fourth-order valence-electron chi connectivity index (χ4n) is 4.06. The summed E-state index contributed by atoms with van der Waals surface area (Å²) in [5.74, 6) is 2.09. The second-order valence-corrected chi connectivity index (χ2v) is 8.39. The fraction of sp³-hybridized carbons (Fsp3) is 0.375. The highest BCUT2D eigenvalue weighted by Crippen LogP contribution is 2.32. The molecule has 0 saturated carbocycles. The van der Waals surface area contributed by atoms with Crippen LogP contribution in [0.15, 0.2) is 54.6 Å². The molecule has 0 aliphatic carbocycles. The predicted octanol–water partition coefficient (Wildman–Crippen LogP) is 3.98. The minimum absolute atomic E-state index is 0.0337. The van der Waals surface area contributed by atoms with Crippen molar-refractivity contribution in [2.45, 2.75) is 51.7 Å². The molecule has 1 aromatic heterocycles. The van der Waals surface area contributed by atoms with Gasteiger partial charge in [0.1, 0.15) is 5.82 Å². The van der Waals surface area contributed by atoms with Crippen LogP contribution in [0.1, 0.15) is 65.4 Å². The van der Waals surface area contributed by atoms with E-state index in [4.69, 9.17) is 0 Å². The molecule has 1 amide bonds. The maximum atomic E-state index is 12.6. The van der Waals surface area contributed by atoms with Gasteiger partial charge in [-0.05, 0) is 42.5 Å². The highest BCUT2D eigenvalue weighted by molar-refractivity contribution is 5.94. The second kappa shape index (κ2) is 8.79. The molecule has 2 heterocycles. The van der Waals surface area contributed by atoms with Gasteiger partial charge in [0.15, 0.2) is 5.82 Å². The molecule has 30 heavy (non-hydrogen) atoms. The predicted molar refractivity (Wildman–Crippen MR) is 117 cm³/mol. The van der Waals surface area contributed by atoms with Gasteiger partial charge in [-0.1, -0.05) is 56.3 Å². The van der Waals surface area contributed by atoms with Gasteiger partial charge in [-0.3, -0.25) is 14.8 Å². The molecule has 2 atom stereocenters. The molecule has 6 nitrogen and oxygen atoms in total. The number of amides is 1. The van der Waals surface area contributed by atoms with E-state index in [1.165, 1.54) is 11.1 Å². The molecule has 1 aliphatic rings. The Bertz CT molecular complexity index is 980. The fourth-order valence-corrected chi connectivity index (χ4v) is 4.06. The molecule has 0 radical (unpaired) electrons. The zero-order valence-electron chi connectivity index (χ0n) is 17.8. The Hall–Kier alpha value is -2.99. The molecule has 0 bridgehead atoms. The minimum atomic E-state index is -0.0337. The van der Waals surface area contributed by atoms with Crippen molar-refractivity contribution in [3.05, 3.63) is 82.9 Å². The number of rotatable bonds is 6. The first-order chi connectivity index (χ1) is 14.5. The third kappa shape index (κ3) is 4.60. The number of nitrogens with zero attached hydrogens (tertiary/aromatic N) is 3. The van der Waals surface area contributed by atoms with E-state index in [2.05, 4.69) is 63.5 Å². The standard InChI is InChI=1S/C24H29N5O/c1-16(2)19-11-9-18(10-12-19)14-29-15-21(13-22(29)23-25-17(3)27-28-23)26-24(30)20-7-5-4-6-8-20/h4-12,16,21-22H,13-15H2,1-3H3,(H,26,30)(H,25,27,28)/t21-,22-/m0/s1. The number of hydrogen-bond donors (Lipinski definition) is 2. The molecule has 1 saturated heterocycles. The van der Waals surface area contributed by atoms with Crippen LogP contribution in [0.4, 0.5) is 0 Å². The van der Waals surface area contributed by atoms with Crippen LogP contribution in [0.25, 0.3) is 0 Å². The first-order valence-corrected chi connectivity index (χ1v) is 10.6. The normalized spacial score (nSPS) is 19.3. The van der Waals surface area contributed by atoms with Gasteiger partial charge in [0, 0.05) is 24.7 Å². The molecular weight excluding hydrogens is 374 g/mol. The van der Waals surface area contributed by atoms with Gasteiger partial charge in [-0.25, -0.2) is 4.98 Å². The number of benzene rings is 2. The third-order valence-corrected chi connectivity index (χ3v) is 5.72. The van der Waals surface area contributed by atoms with Gasteiger partial charge in [0.05, 0.1) is 6.04 Å². The summed E-state index contributed by atoms with van der Waals surface area (Å²) < 4.78 is 0. The van der Waals surface area contributed by atoms with Crippen molar-refractivity contribution < 1.29 is 4.79 Å². The zero-order chi connectivity index (χ0) is 21.1. The summed E-state index contributed by atoms with van der Waals surface area (Å²) in [5, 5.41) is 10.6. The van der Waals surface area contributed by atoms with Gasteiger partial charge >= 0.3 is 0 Å². The molecule has 1 fully saturated rings. The Labute approximate surface area is 177 Å². The molecule has 156 valence electrons. The number of nitrogens with one attached hydrogen (secondary N) is 2. The van der Waals surface area contributed by atoms with Gasteiger partial charge in [0.2, 0.25) is 0 Å². The molecule has 3 aromatic rings. The zero-order valence-corrected chi connectivity index (χ0v) is 17.8. The van der Waals surface area contributed by atoms with Crippen LogP contribution >= 0.6 is 0 Å². The van der Waals surface area contributed by atoms with Crippen LogP contribution in [-0.2, 0) is 6.54 Å². The van der Waals surface area contributed by atoms with Crippen LogP contribution in [0.2, 0.25) is 0 Å². The van der Waals surface area contributed by atoms with Crippen molar-refractivity contribution in [2.24, 2.45) is 0 Å². The van der Waals surface area contributed by atoms with Gasteiger partial charge in [0.25, 0.3) is 5.91 Å². The Kier molecular flexibility index (Phi) is 5.95. The number of aromatic amines is 1. The summed E-state index contributed by atoms with van der Waals surface area (Å²) in [5.41, 5.74) is 3.28. The maximum absolute atomic E-state index is 12.6. The minimum Gasteiger partial charge on any atom is -0.348 e. The number of aromatic nitrogens is 3. The van der Waals surface area contributed by atoms with E-state index in [0.29, 0.717) is 11.5 Å². The number of aryl methyl sites for hydroxylation is 1. The average molecular weight is 404 g/mol. The lowest BCUT2D eigenvalue weighted by atomic mass is 10.0. The van der Waals surface area contributed by atoms with Crippen molar-refractivity contribution in [3.8, 4) is 0 Å². The quantitative estimate of drug-likeness (QED) is 0.653. The Morgan fingerprint density at radius 3 is 2.53 bits per heavy atom. The third-order valence-electron chi connectivity index (χ3n) is 5.72. The summed E-state index contributed by atoms with van der Waals surface area (Å²) in [6, 6.07) is 18.3. The summed E-state index contributed by atoms with van der Waals surface area (Å²) in [7, 11) is 0. The monoisotopic (exact) mass is 403 g/mol. The molecular formula is C24H29N5O. The lowest BCUT2D eigenvalue weighted by Gasteiger charge is -2.22. The van der Waals surface area contributed by atoms with Crippen molar-refractivity contribution in [1.82, 2.24) is 25.4 Å². The maximum Gasteiger partial charge on any atom is 0.251 e. The van der Waals surface area contributed by atoms with Crippen LogP contribution in [0.5, 0.6) is 0 Å². The van der Waals surface area contributed by atoms with E-state index in [-0.39, 0.29) is 18.0 Å². The second-order valence-electron chi connectivity index (χ2n) is 8.39. The van der Waals surface area contributed by atoms with Gasteiger partial charge < -0.3 is 5.32 Å². The Balaban J connectivity index is 1.50. The van der Waals surface area contributed by atoms with E-state index >= 15 is 0 Å². The molecule has 2 aromatic carbocycles. The van der Waals surface area contributed by atoms with E-state index in [0.717, 1.165) is 31.2 Å². The Morgan fingerprint density at radius 1 is 1.17 bits per heavy atom. The topological polar surface area (TPSA) is 73.9 Å². The van der Waals surface area contributed by atoms with Gasteiger partial charge in [-0.15, -0.1) is 0 Å². The van der Waals surface area contributed by atoms with Crippen LogP contribution in [0.3, 0.4) is 0 Å². The molecule has 0 unspecified atom stereocenters. The number of H-pyrrole nitrogens is 1. The molecule has 2 N–H and O–H groups in total. The molecule has 0 spiro atoms. The van der Waals surface area contributed by atoms with E-state index in [1.807, 2.05) is 37.3 Å². The first-order valence-electron chi connectivity index (χ1n) is 10.6. The molecule has 4 rings (SSSR count). The summed E-state index contributed by atoms with van der Waals surface area (Å²) in [6.07, 6.45) is 0.792. The van der Waals surface area contributed by atoms with E-state index in [9.17, 15) is 4.79 Å². The smallest absolute Gasteiger partial charge is 0.251 e.